The van der Waals surface area contributed by atoms with Crippen molar-refractivity contribution in [3.63, 3.8) is 0 Å². The van der Waals surface area contributed by atoms with Gasteiger partial charge in [-0.1, -0.05) is 30.3 Å². The van der Waals surface area contributed by atoms with Crippen LogP contribution in [-0.4, -0.2) is 28.0 Å². The van der Waals surface area contributed by atoms with Crippen LogP contribution in [0.15, 0.2) is 78.4 Å². The van der Waals surface area contributed by atoms with Crippen molar-refractivity contribution >= 4 is 23.1 Å². The lowest BCUT2D eigenvalue weighted by molar-refractivity contribution is -0.132. The number of anilines is 1. The average molecular weight is 443 g/mol. The van der Waals surface area contributed by atoms with Gasteiger partial charge >= 0.3 is 0 Å². The zero-order valence-corrected chi connectivity index (χ0v) is 18.6. The molecule has 1 aliphatic rings. The van der Waals surface area contributed by atoms with Gasteiger partial charge in [-0.05, 0) is 74.4 Å². The Kier molecular flexibility index (Phi) is 5.92. The van der Waals surface area contributed by atoms with Crippen molar-refractivity contribution in [3.8, 4) is 11.5 Å². The molecule has 0 spiro atoms. The number of benzene rings is 3. The van der Waals surface area contributed by atoms with Crippen LogP contribution in [0.5, 0.6) is 11.5 Å². The number of aromatic hydroxyl groups is 1. The first-order valence-corrected chi connectivity index (χ1v) is 10.7. The first kappa shape index (κ1) is 22.1. The molecule has 1 atom stereocenters. The number of para-hydroxylation sites is 1. The van der Waals surface area contributed by atoms with Crippen molar-refractivity contribution in [2.45, 2.75) is 32.9 Å². The van der Waals surface area contributed by atoms with Gasteiger partial charge in [-0.3, -0.25) is 14.5 Å². The minimum Gasteiger partial charge on any atom is -0.508 e. The first-order valence-electron chi connectivity index (χ1n) is 10.7. The van der Waals surface area contributed by atoms with E-state index in [1.165, 1.54) is 17.0 Å². The number of ether oxygens (including phenoxy) is 1. The smallest absolute Gasteiger partial charge is 0.300 e. The molecule has 3 aromatic carbocycles. The number of phenols is 1. The molecule has 168 valence electrons. The van der Waals surface area contributed by atoms with Crippen LogP contribution in [-0.2, 0) is 9.59 Å². The summed E-state index contributed by atoms with van der Waals surface area (Å²) < 4.78 is 5.77. The van der Waals surface area contributed by atoms with E-state index in [1.807, 2.05) is 26.8 Å². The van der Waals surface area contributed by atoms with Gasteiger partial charge in [0.15, 0.2) is 0 Å². The molecule has 0 radical (unpaired) electrons. The molecule has 0 bridgehead atoms. The molecule has 1 fully saturated rings. The van der Waals surface area contributed by atoms with Crippen molar-refractivity contribution in [3.05, 3.63) is 95.1 Å². The third-order valence-corrected chi connectivity index (χ3v) is 5.48. The van der Waals surface area contributed by atoms with E-state index >= 15 is 0 Å². The van der Waals surface area contributed by atoms with Crippen molar-refractivity contribution in [2.24, 2.45) is 0 Å². The summed E-state index contributed by atoms with van der Waals surface area (Å²) in [5, 5.41) is 21.3. The second-order valence-electron chi connectivity index (χ2n) is 8.25. The Morgan fingerprint density at radius 1 is 0.970 bits per heavy atom. The molecule has 3 aromatic rings. The maximum absolute atomic E-state index is 13.2. The summed E-state index contributed by atoms with van der Waals surface area (Å²) in [5.74, 6) is -1.13. The van der Waals surface area contributed by atoms with Gasteiger partial charge in [0.2, 0.25) is 0 Å². The lowest BCUT2D eigenvalue weighted by Gasteiger charge is -2.25. The Bertz CT molecular complexity index is 1250. The van der Waals surface area contributed by atoms with Gasteiger partial charge in [-0.25, -0.2) is 0 Å². The summed E-state index contributed by atoms with van der Waals surface area (Å²) in [5.41, 5.74) is 2.19. The largest absolute Gasteiger partial charge is 0.508 e. The molecular formula is C27H25NO5. The first-order chi connectivity index (χ1) is 15.8. The second-order valence-corrected chi connectivity index (χ2v) is 8.25. The lowest BCUT2D eigenvalue weighted by atomic mass is 9.94. The fourth-order valence-electron chi connectivity index (χ4n) is 4.04. The highest BCUT2D eigenvalue weighted by Gasteiger charge is 2.47. The number of Topliss-reactive ketones (excluding diaryl/α,β-unsaturated/α-hetero) is 1. The number of ketones is 1. The van der Waals surface area contributed by atoms with Crippen LogP contribution in [0.3, 0.4) is 0 Å². The zero-order valence-electron chi connectivity index (χ0n) is 18.6. The maximum Gasteiger partial charge on any atom is 0.300 e. The number of amides is 1. The Labute approximate surface area is 192 Å². The number of rotatable bonds is 5. The fraction of sp³-hybridized carbons (Fsp3) is 0.185. The molecule has 6 heteroatoms. The molecule has 6 nitrogen and oxygen atoms in total. The van der Waals surface area contributed by atoms with Crippen LogP contribution in [0.25, 0.3) is 5.76 Å². The monoisotopic (exact) mass is 443 g/mol. The fourth-order valence-corrected chi connectivity index (χ4v) is 4.04. The standard InChI is InChI=1S/C27H25NO5/c1-16(2)33-22-13-12-19(14-17(22)3)25(30)23-24(18-8-7-11-21(29)15-18)28(27(32)26(23)31)20-9-5-4-6-10-20/h4-16,24,29-30H,1-3H3/b25-23-. The van der Waals surface area contributed by atoms with E-state index in [0.29, 0.717) is 22.6 Å². The molecule has 4 rings (SSSR count). The number of aliphatic hydroxyl groups is 1. The third kappa shape index (κ3) is 4.20. The summed E-state index contributed by atoms with van der Waals surface area (Å²) in [6.45, 7) is 5.70. The Hall–Kier alpha value is -4.06. The van der Waals surface area contributed by atoms with Gasteiger partial charge in [0.25, 0.3) is 11.7 Å². The van der Waals surface area contributed by atoms with Crippen LogP contribution in [0.1, 0.15) is 36.6 Å². The van der Waals surface area contributed by atoms with E-state index < -0.39 is 17.7 Å². The number of hydrogen-bond acceptors (Lipinski definition) is 5. The van der Waals surface area contributed by atoms with Crippen molar-refractivity contribution < 1.29 is 24.5 Å². The van der Waals surface area contributed by atoms with Gasteiger partial charge in [-0.2, -0.15) is 0 Å². The van der Waals surface area contributed by atoms with Gasteiger partial charge in [-0.15, -0.1) is 0 Å². The van der Waals surface area contributed by atoms with Crippen LogP contribution in [0, 0.1) is 6.92 Å². The van der Waals surface area contributed by atoms with E-state index in [-0.39, 0.29) is 23.2 Å². The van der Waals surface area contributed by atoms with Crippen molar-refractivity contribution in [1.82, 2.24) is 0 Å². The zero-order chi connectivity index (χ0) is 23.7. The quantitative estimate of drug-likeness (QED) is 0.325. The molecule has 2 N–H and O–H groups in total. The summed E-state index contributed by atoms with van der Waals surface area (Å²) in [4.78, 5) is 27.6. The molecule has 1 saturated heterocycles. The van der Waals surface area contributed by atoms with Gasteiger partial charge in [0, 0.05) is 11.3 Å². The molecule has 1 unspecified atom stereocenters. The molecule has 33 heavy (non-hydrogen) atoms. The highest BCUT2D eigenvalue weighted by molar-refractivity contribution is 6.51. The SMILES string of the molecule is Cc1cc(/C(O)=C2/C(=O)C(=O)N(c3ccccc3)C2c2cccc(O)c2)ccc1OC(C)C. The number of carbonyl (C=O) groups excluding carboxylic acids is 2. The van der Waals surface area contributed by atoms with E-state index in [4.69, 9.17) is 4.74 Å². The molecule has 1 amide bonds. The minimum absolute atomic E-state index is 0.00261. The predicted octanol–water partition coefficient (Wildman–Crippen LogP) is 5.11. The molecule has 1 heterocycles. The van der Waals surface area contributed by atoms with E-state index in [1.54, 1.807) is 54.6 Å². The van der Waals surface area contributed by atoms with Gasteiger partial charge in [0.05, 0.1) is 17.7 Å². The van der Waals surface area contributed by atoms with E-state index in [9.17, 15) is 19.8 Å². The van der Waals surface area contributed by atoms with Crippen LogP contribution in [0.2, 0.25) is 0 Å². The summed E-state index contributed by atoms with van der Waals surface area (Å²) >= 11 is 0. The van der Waals surface area contributed by atoms with Crippen LogP contribution in [0.4, 0.5) is 5.69 Å². The molecule has 0 saturated carbocycles. The number of carbonyl (C=O) groups is 2. The maximum atomic E-state index is 13.2. The number of nitrogens with zero attached hydrogens (tertiary/aromatic N) is 1. The van der Waals surface area contributed by atoms with Crippen molar-refractivity contribution in [2.75, 3.05) is 4.90 Å². The second kappa shape index (κ2) is 8.82. The van der Waals surface area contributed by atoms with Crippen LogP contribution < -0.4 is 9.64 Å². The normalized spacial score (nSPS) is 17.6. The summed E-state index contributed by atoms with van der Waals surface area (Å²) in [6.07, 6.45) is -0.00916. The predicted molar refractivity (Wildman–Crippen MR) is 126 cm³/mol. The molecule has 0 aliphatic carbocycles. The Balaban J connectivity index is 1.89. The molecule has 0 aromatic heterocycles. The van der Waals surface area contributed by atoms with E-state index in [0.717, 1.165) is 5.56 Å². The molecular weight excluding hydrogens is 418 g/mol. The average Bonchev–Trinajstić information content (AvgIpc) is 3.05. The van der Waals surface area contributed by atoms with Gasteiger partial charge < -0.3 is 14.9 Å². The van der Waals surface area contributed by atoms with Crippen molar-refractivity contribution in [1.29, 1.82) is 0 Å². The molecule has 1 aliphatic heterocycles. The topological polar surface area (TPSA) is 87.1 Å². The highest BCUT2D eigenvalue weighted by Crippen LogP contribution is 2.43. The number of aryl methyl sites for hydroxylation is 1. The Morgan fingerprint density at radius 3 is 2.33 bits per heavy atom. The minimum atomic E-state index is -0.897. The number of hydrogen-bond donors (Lipinski definition) is 2. The summed E-state index contributed by atoms with van der Waals surface area (Å²) in [7, 11) is 0. The third-order valence-electron chi connectivity index (χ3n) is 5.48. The van der Waals surface area contributed by atoms with Gasteiger partial charge in [0.1, 0.15) is 17.3 Å². The highest BCUT2D eigenvalue weighted by atomic mass is 16.5. The Morgan fingerprint density at radius 2 is 1.70 bits per heavy atom. The summed E-state index contributed by atoms with van der Waals surface area (Å²) in [6, 6.07) is 19.4. The number of aliphatic hydroxyl groups excluding tert-OH is 1. The van der Waals surface area contributed by atoms with E-state index in [2.05, 4.69) is 0 Å². The number of phenolic OH excluding ortho intramolecular Hbond substituents is 1. The van der Waals surface area contributed by atoms with Crippen LogP contribution >= 0.6 is 0 Å². The lowest BCUT2D eigenvalue weighted by Crippen LogP contribution is -2.29.